The second-order valence-corrected chi connectivity index (χ2v) is 5.07. The maximum Gasteiger partial charge on any atom is 0.137 e. The number of pyridine rings is 1. The van der Waals surface area contributed by atoms with Crippen molar-refractivity contribution in [3.05, 3.63) is 53.2 Å². The number of fused-ring (bicyclic) bond motifs is 1. The number of imidazole rings is 1. The van der Waals surface area contributed by atoms with Gasteiger partial charge in [0, 0.05) is 43.8 Å². The van der Waals surface area contributed by atoms with E-state index in [-0.39, 0.29) is 0 Å². The molecule has 0 radical (unpaired) electrons. The normalized spacial score (nSPS) is 11.3. The van der Waals surface area contributed by atoms with E-state index < -0.39 is 0 Å². The summed E-state index contributed by atoms with van der Waals surface area (Å²) in [5.74, 6) is 0. The molecule has 3 aromatic heterocycles. The predicted molar refractivity (Wildman–Crippen MR) is 78.4 cm³/mol. The molecule has 0 aromatic carbocycles. The Kier molecular flexibility index (Phi) is 3.28. The third-order valence-corrected chi connectivity index (χ3v) is 3.68. The lowest BCUT2D eigenvalue weighted by molar-refractivity contribution is 0.675. The summed E-state index contributed by atoms with van der Waals surface area (Å²) in [6.45, 7) is 5.73. The fourth-order valence-electron chi connectivity index (χ4n) is 2.46. The van der Waals surface area contributed by atoms with E-state index in [1.54, 1.807) is 0 Å². The van der Waals surface area contributed by atoms with Crippen molar-refractivity contribution < 1.29 is 0 Å². The number of hydrogen-bond acceptors (Lipinski definition) is 3. The minimum absolute atomic E-state index is 0.759. The highest BCUT2D eigenvalue weighted by atomic mass is 15.3. The van der Waals surface area contributed by atoms with Crippen molar-refractivity contribution >= 4 is 5.65 Å². The molecule has 0 aliphatic heterocycles. The van der Waals surface area contributed by atoms with Gasteiger partial charge in [0.25, 0.3) is 0 Å². The van der Waals surface area contributed by atoms with E-state index in [0.29, 0.717) is 0 Å². The van der Waals surface area contributed by atoms with Gasteiger partial charge in [0.1, 0.15) is 5.65 Å². The van der Waals surface area contributed by atoms with Crippen LogP contribution >= 0.6 is 0 Å². The van der Waals surface area contributed by atoms with Crippen LogP contribution in [0.3, 0.4) is 0 Å². The highest BCUT2D eigenvalue weighted by molar-refractivity contribution is 5.39. The molecular formula is C15H19N5. The van der Waals surface area contributed by atoms with E-state index in [2.05, 4.69) is 35.4 Å². The summed E-state index contributed by atoms with van der Waals surface area (Å²) in [5.41, 5.74) is 5.61. The van der Waals surface area contributed by atoms with Gasteiger partial charge >= 0.3 is 0 Å². The van der Waals surface area contributed by atoms with E-state index in [1.807, 2.05) is 40.5 Å². The number of aryl methyl sites for hydroxylation is 2. The molecule has 0 saturated carbocycles. The summed E-state index contributed by atoms with van der Waals surface area (Å²) >= 11 is 0. The quantitative estimate of drug-likeness (QED) is 0.788. The highest BCUT2D eigenvalue weighted by Crippen LogP contribution is 2.11. The first kappa shape index (κ1) is 12.9. The molecule has 0 aliphatic carbocycles. The van der Waals surface area contributed by atoms with Crippen molar-refractivity contribution in [3.63, 3.8) is 0 Å². The SMILES string of the molecule is Cc1nn(C)c(C)c1CNCc1cn2ccccc2n1. The summed E-state index contributed by atoms with van der Waals surface area (Å²) in [5, 5.41) is 7.87. The third kappa shape index (κ3) is 2.32. The van der Waals surface area contributed by atoms with Crippen molar-refractivity contribution in [2.75, 3.05) is 0 Å². The lowest BCUT2D eigenvalue weighted by Gasteiger charge is -2.03. The minimum atomic E-state index is 0.759. The Balaban J connectivity index is 1.67. The van der Waals surface area contributed by atoms with Crippen LogP contribution in [0.25, 0.3) is 5.65 Å². The minimum Gasteiger partial charge on any atom is -0.307 e. The smallest absolute Gasteiger partial charge is 0.137 e. The Hall–Kier alpha value is -2.14. The molecule has 1 N–H and O–H groups in total. The number of hydrogen-bond donors (Lipinski definition) is 1. The van der Waals surface area contributed by atoms with Gasteiger partial charge in [-0.25, -0.2) is 4.98 Å². The van der Waals surface area contributed by atoms with Gasteiger partial charge in [-0.1, -0.05) is 6.07 Å². The molecule has 3 heterocycles. The van der Waals surface area contributed by atoms with Crippen molar-refractivity contribution in [1.29, 1.82) is 0 Å². The van der Waals surface area contributed by atoms with Crippen molar-refractivity contribution in [1.82, 2.24) is 24.5 Å². The largest absolute Gasteiger partial charge is 0.307 e. The van der Waals surface area contributed by atoms with E-state index in [9.17, 15) is 0 Å². The first-order valence-corrected chi connectivity index (χ1v) is 6.77. The van der Waals surface area contributed by atoms with Crippen LogP contribution < -0.4 is 5.32 Å². The number of rotatable bonds is 4. The van der Waals surface area contributed by atoms with Crippen molar-refractivity contribution in [3.8, 4) is 0 Å². The van der Waals surface area contributed by atoms with E-state index in [1.165, 1.54) is 11.3 Å². The molecule has 0 bridgehead atoms. The van der Waals surface area contributed by atoms with E-state index in [0.717, 1.165) is 30.1 Å². The van der Waals surface area contributed by atoms with E-state index in [4.69, 9.17) is 0 Å². The molecule has 104 valence electrons. The Morgan fingerprint density at radius 2 is 2.05 bits per heavy atom. The van der Waals surface area contributed by atoms with Gasteiger partial charge in [0.15, 0.2) is 0 Å². The van der Waals surface area contributed by atoms with Crippen molar-refractivity contribution in [2.45, 2.75) is 26.9 Å². The van der Waals surface area contributed by atoms with Gasteiger partial charge in [0.2, 0.25) is 0 Å². The molecule has 0 fully saturated rings. The molecule has 3 aromatic rings. The Bertz CT molecular complexity index is 705. The van der Waals surface area contributed by atoms with Crippen LogP contribution in [0.1, 0.15) is 22.6 Å². The van der Waals surface area contributed by atoms with Crippen LogP contribution in [-0.2, 0) is 20.1 Å². The van der Waals surface area contributed by atoms with Crippen LogP contribution in [0.2, 0.25) is 0 Å². The molecule has 0 saturated heterocycles. The number of nitrogens with one attached hydrogen (secondary N) is 1. The summed E-state index contributed by atoms with van der Waals surface area (Å²) < 4.78 is 3.97. The standard InChI is InChI=1S/C15H19N5/c1-11-14(12(2)19(3)18-11)9-16-8-13-10-20-7-5-4-6-15(20)17-13/h4-7,10,16H,8-9H2,1-3H3. The Morgan fingerprint density at radius 1 is 1.20 bits per heavy atom. The van der Waals surface area contributed by atoms with E-state index >= 15 is 0 Å². The summed E-state index contributed by atoms with van der Waals surface area (Å²) in [6.07, 6.45) is 4.08. The first-order chi connectivity index (χ1) is 9.65. The Morgan fingerprint density at radius 3 is 2.75 bits per heavy atom. The van der Waals surface area contributed by atoms with Crippen LogP contribution in [0.5, 0.6) is 0 Å². The Labute approximate surface area is 118 Å². The molecule has 0 unspecified atom stereocenters. The van der Waals surface area contributed by atoms with Crippen LogP contribution in [-0.4, -0.2) is 19.2 Å². The average molecular weight is 269 g/mol. The first-order valence-electron chi connectivity index (χ1n) is 6.77. The van der Waals surface area contributed by atoms with Gasteiger partial charge in [-0.05, 0) is 26.0 Å². The topological polar surface area (TPSA) is 47.2 Å². The van der Waals surface area contributed by atoms with Gasteiger partial charge in [-0.3, -0.25) is 4.68 Å². The lowest BCUT2D eigenvalue weighted by Crippen LogP contribution is -2.14. The number of nitrogens with zero attached hydrogens (tertiary/aromatic N) is 4. The van der Waals surface area contributed by atoms with Gasteiger partial charge in [-0.2, -0.15) is 5.10 Å². The van der Waals surface area contributed by atoms with Crippen LogP contribution in [0.15, 0.2) is 30.6 Å². The predicted octanol–water partition coefficient (Wildman–Crippen LogP) is 1.97. The third-order valence-electron chi connectivity index (χ3n) is 3.68. The molecule has 0 spiro atoms. The molecule has 0 aliphatic rings. The van der Waals surface area contributed by atoms with Crippen LogP contribution in [0, 0.1) is 13.8 Å². The second kappa shape index (κ2) is 5.09. The van der Waals surface area contributed by atoms with Gasteiger partial charge in [-0.15, -0.1) is 0 Å². The molecule has 3 rings (SSSR count). The molecule has 0 amide bonds. The molecular weight excluding hydrogens is 250 g/mol. The summed E-state index contributed by atoms with van der Waals surface area (Å²) in [4.78, 5) is 4.57. The lowest BCUT2D eigenvalue weighted by atomic mass is 10.2. The number of aromatic nitrogens is 4. The zero-order chi connectivity index (χ0) is 14.1. The van der Waals surface area contributed by atoms with Gasteiger partial charge < -0.3 is 9.72 Å². The second-order valence-electron chi connectivity index (χ2n) is 5.07. The average Bonchev–Trinajstić information content (AvgIpc) is 2.94. The molecule has 5 heteroatoms. The maximum atomic E-state index is 4.57. The zero-order valence-electron chi connectivity index (χ0n) is 12.1. The van der Waals surface area contributed by atoms with Gasteiger partial charge in [0.05, 0.1) is 11.4 Å². The fourth-order valence-corrected chi connectivity index (χ4v) is 2.46. The van der Waals surface area contributed by atoms with Crippen molar-refractivity contribution in [2.24, 2.45) is 7.05 Å². The monoisotopic (exact) mass is 269 g/mol. The highest BCUT2D eigenvalue weighted by Gasteiger charge is 2.09. The fraction of sp³-hybridized carbons (Fsp3) is 0.333. The molecule has 20 heavy (non-hydrogen) atoms. The molecule has 0 atom stereocenters. The summed E-state index contributed by atoms with van der Waals surface area (Å²) in [7, 11) is 1.98. The summed E-state index contributed by atoms with van der Waals surface area (Å²) in [6, 6.07) is 6.02. The van der Waals surface area contributed by atoms with Crippen LogP contribution in [0.4, 0.5) is 0 Å². The zero-order valence-corrected chi connectivity index (χ0v) is 12.1. The maximum absolute atomic E-state index is 4.57. The molecule has 5 nitrogen and oxygen atoms in total.